The quantitative estimate of drug-likeness (QED) is 0.371. The standard InChI is InChI=1S/C12H21BO4S/c1-7-15-10(14)9(8(2)18)13-16-11(3,4)12(5,6)17-13/h18H,7H2,1-6H3/b9-8-. The zero-order valence-corrected chi connectivity index (χ0v) is 12.8. The van der Waals surface area contributed by atoms with Crippen molar-refractivity contribution < 1.29 is 18.8 Å². The van der Waals surface area contributed by atoms with Crippen LogP contribution in [0.5, 0.6) is 0 Å². The van der Waals surface area contributed by atoms with Crippen LogP contribution in [0.25, 0.3) is 0 Å². The molecular formula is C12H21BO4S. The molecule has 0 aliphatic carbocycles. The number of allylic oxidation sites excluding steroid dienone is 1. The smallest absolute Gasteiger partial charge is 0.463 e. The van der Waals surface area contributed by atoms with Gasteiger partial charge in [0.05, 0.1) is 23.3 Å². The number of thiol groups is 1. The SMILES string of the molecule is CCOC(=O)/C(B1OC(C)(C)C(C)(C)O1)=C(\C)S. The van der Waals surface area contributed by atoms with Gasteiger partial charge in [-0.2, -0.15) is 0 Å². The fourth-order valence-corrected chi connectivity index (χ4v) is 1.78. The first-order valence-electron chi connectivity index (χ1n) is 6.05. The van der Waals surface area contributed by atoms with E-state index >= 15 is 0 Å². The molecule has 0 saturated carbocycles. The van der Waals surface area contributed by atoms with E-state index in [1.807, 2.05) is 27.7 Å². The van der Waals surface area contributed by atoms with Crippen molar-refractivity contribution in [1.29, 1.82) is 0 Å². The number of esters is 1. The maximum atomic E-state index is 11.9. The summed E-state index contributed by atoms with van der Waals surface area (Å²) in [7, 11) is -0.730. The van der Waals surface area contributed by atoms with Crippen LogP contribution in [0.1, 0.15) is 41.5 Å². The minimum Gasteiger partial charge on any atom is -0.463 e. The van der Waals surface area contributed by atoms with Crippen molar-refractivity contribution in [3.63, 3.8) is 0 Å². The van der Waals surface area contributed by atoms with Gasteiger partial charge in [0.15, 0.2) is 0 Å². The monoisotopic (exact) mass is 272 g/mol. The van der Waals surface area contributed by atoms with Crippen molar-refractivity contribution in [1.82, 2.24) is 0 Å². The summed E-state index contributed by atoms with van der Waals surface area (Å²) in [6, 6.07) is 0. The highest BCUT2D eigenvalue weighted by molar-refractivity contribution is 7.84. The van der Waals surface area contributed by atoms with Crippen LogP contribution in [0.2, 0.25) is 0 Å². The summed E-state index contributed by atoms with van der Waals surface area (Å²) in [5.74, 6) is -0.441. The Morgan fingerprint density at radius 1 is 1.22 bits per heavy atom. The van der Waals surface area contributed by atoms with Gasteiger partial charge in [0.25, 0.3) is 0 Å². The van der Waals surface area contributed by atoms with E-state index in [0.717, 1.165) is 0 Å². The van der Waals surface area contributed by atoms with Gasteiger partial charge in [-0.1, -0.05) is 0 Å². The van der Waals surface area contributed by atoms with Crippen molar-refractivity contribution >= 4 is 25.7 Å². The number of ether oxygens (including phenoxy) is 1. The zero-order valence-electron chi connectivity index (χ0n) is 11.9. The van der Waals surface area contributed by atoms with Crippen LogP contribution in [0.4, 0.5) is 0 Å². The molecule has 0 radical (unpaired) electrons. The lowest BCUT2D eigenvalue weighted by Crippen LogP contribution is -2.41. The molecule has 0 bridgehead atoms. The van der Waals surface area contributed by atoms with E-state index in [1.165, 1.54) is 0 Å². The van der Waals surface area contributed by atoms with Gasteiger partial charge in [-0.15, -0.1) is 12.6 Å². The molecule has 18 heavy (non-hydrogen) atoms. The van der Waals surface area contributed by atoms with Gasteiger partial charge in [0.1, 0.15) is 0 Å². The normalized spacial score (nSPS) is 22.7. The van der Waals surface area contributed by atoms with Crippen LogP contribution in [0.15, 0.2) is 10.4 Å². The lowest BCUT2D eigenvalue weighted by atomic mass is 9.78. The predicted molar refractivity (Wildman–Crippen MR) is 74.4 cm³/mol. The first kappa shape index (κ1) is 15.6. The van der Waals surface area contributed by atoms with Crippen molar-refractivity contribution in [3.05, 3.63) is 10.4 Å². The number of carbonyl (C=O) groups excluding carboxylic acids is 1. The van der Waals surface area contributed by atoms with Crippen molar-refractivity contribution in [2.24, 2.45) is 0 Å². The molecule has 0 unspecified atom stereocenters. The molecule has 1 aliphatic heterocycles. The second kappa shape index (κ2) is 5.27. The first-order chi connectivity index (χ1) is 8.12. The minimum atomic E-state index is -0.730. The molecule has 1 heterocycles. The maximum absolute atomic E-state index is 11.9. The summed E-state index contributed by atoms with van der Waals surface area (Å²) in [5.41, 5.74) is -0.643. The van der Waals surface area contributed by atoms with Crippen LogP contribution in [0, 0.1) is 0 Å². The van der Waals surface area contributed by atoms with Crippen molar-refractivity contribution in [2.75, 3.05) is 6.61 Å². The third-order valence-corrected chi connectivity index (χ3v) is 3.61. The number of hydrogen-bond donors (Lipinski definition) is 1. The van der Waals surface area contributed by atoms with Gasteiger partial charge in [-0.3, -0.25) is 0 Å². The van der Waals surface area contributed by atoms with E-state index in [-0.39, 0.29) is 0 Å². The van der Waals surface area contributed by atoms with Crippen LogP contribution in [-0.2, 0) is 18.8 Å². The second-order valence-electron chi connectivity index (χ2n) is 5.31. The molecule has 0 aromatic rings. The summed E-state index contributed by atoms with van der Waals surface area (Å²) in [4.78, 5) is 12.5. The Morgan fingerprint density at radius 2 is 1.67 bits per heavy atom. The zero-order chi connectivity index (χ0) is 14.1. The Bertz CT molecular complexity index is 356. The summed E-state index contributed by atoms with van der Waals surface area (Å²) >= 11 is 4.23. The maximum Gasteiger partial charge on any atom is 0.503 e. The fraction of sp³-hybridized carbons (Fsp3) is 0.750. The van der Waals surface area contributed by atoms with E-state index in [2.05, 4.69) is 12.6 Å². The average Bonchev–Trinajstić information content (AvgIpc) is 2.34. The molecule has 6 heteroatoms. The predicted octanol–water partition coefficient (Wildman–Crippen LogP) is 2.38. The van der Waals surface area contributed by atoms with Gasteiger partial charge in [0, 0.05) is 0 Å². The Hall–Kier alpha value is -0.455. The van der Waals surface area contributed by atoms with E-state index in [1.54, 1.807) is 13.8 Å². The third-order valence-electron chi connectivity index (χ3n) is 3.37. The summed E-state index contributed by atoms with van der Waals surface area (Å²) in [6.45, 7) is 11.5. The molecule has 0 aromatic heterocycles. The molecule has 1 aliphatic rings. The van der Waals surface area contributed by atoms with E-state index in [0.29, 0.717) is 17.0 Å². The molecule has 1 saturated heterocycles. The molecular weight excluding hydrogens is 251 g/mol. The Labute approximate surface area is 115 Å². The van der Waals surface area contributed by atoms with Gasteiger partial charge >= 0.3 is 13.1 Å². The number of carbonyl (C=O) groups is 1. The van der Waals surface area contributed by atoms with E-state index < -0.39 is 24.3 Å². The summed E-state index contributed by atoms with van der Waals surface area (Å²) < 4.78 is 16.7. The molecule has 0 N–H and O–H groups in total. The third kappa shape index (κ3) is 2.92. The highest BCUT2D eigenvalue weighted by Gasteiger charge is 2.54. The fourth-order valence-electron chi connectivity index (χ4n) is 1.58. The van der Waals surface area contributed by atoms with E-state index in [4.69, 9.17) is 14.0 Å². The number of hydrogen-bond acceptors (Lipinski definition) is 5. The van der Waals surface area contributed by atoms with Crippen molar-refractivity contribution in [3.8, 4) is 0 Å². The molecule has 1 rings (SSSR count). The Morgan fingerprint density at radius 3 is 2.00 bits per heavy atom. The largest absolute Gasteiger partial charge is 0.503 e. The second-order valence-corrected chi connectivity index (χ2v) is 5.98. The topological polar surface area (TPSA) is 44.8 Å². The van der Waals surface area contributed by atoms with Gasteiger partial charge in [-0.25, -0.2) is 4.79 Å². The van der Waals surface area contributed by atoms with Gasteiger partial charge in [0.2, 0.25) is 0 Å². The average molecular weight is 272 g/mol. The highest BCUT2D eigenvalue weighted by atomic mass is 32.1. The lowest BCUT2D eigenvalue weighted by Gasteiger charge is -2.32. The van der Waals surface area contributed by atoms with Gasteiger partial charge in [-0.05, 0) is 46.4 Å². The molecule has 0 amide bonds. The molecule has 102 valence electrons. The molecule has 1 fully saturated rings. The summed E-state index contributed by atoms with van der Waals surface area (Å²) in [5, 5.41) is 0. The van der Waals surface area contributed by atoms with Crippen molar-refractivity contribution in [2.45, 2.75) is 52.7 Å². The molecule has 0 atom stereocenters. The van der Waals surface area contributed by atoms with Crippen LogP contribution in [0.3, 0.4) is 0 Å². The van der Waals surface area contributed by atoms with Gasteiger partial charge < -0.3 is 14.0 Å². The first-order valence-corrected chi connectivity index (χ1v) is 6.49. The van der Waals surface area contributed by atoms with Crippen LogP contribution >= 0.6 is 12.6 Å². The Kier molecular flexibility index (Phi) is 4.57. The van der Waals surface area contributed by atoms with Crippen LogP contribution < -0.4 is 0 Å². The molecule has 4 nitrogen and oxygen atoms in total. The molecule has 0 aromatic carbocycles. The lowest BCUT2D eigenvalue weighted by molar-refractivity contribution is -0.138. The number of rotatable bonds is 3. The van der Waals surface area contributed by atoms with E-state index in [9.17, 15) is 4.79 Å². The molecule has 0 spiro atoms. The summed E-state index contributed by atoms with van der Waals surface area (Å²) in [6.07, 6.45) is 0. The highest BCUT2D eigenvalue weighted by Crippen LogP contribution is 2.39. The Balaban J connectivity index is 3.00. The minimum absolute atomic E-state index is 0.308. The van der Waals surface area contributed by atoms with Crippen LogP contribution in [-0.4, -0.2) is 30.9 Å².